The molecule has 29 heavy (non-hydrogen) atoms. The Morgan fingerprint density at radius 3 is 2.76 bits per heavy atom. The molecule has 4 aromatic rings. The molecule has 6 heteroatoms. The number of rotatable bonds is 7. The molecule has 0 spiro atoms. The van der Waals surface area contributed by atoms with Gasteiger partial charge in [-0.25, -0.2) is 0 Å². The van der Waals surface area contributed by atoms with Crippen LogP contribution in [0.3, 0.4) is 0 Å². The van der Waals surface area contributed by atoms with E-state index >= 15 is 0 Å². The van der Waals surface area contributed by atoms with E-state index in [4.69, 9.17) is 9.15 Å². The first kappa shape index (κ1) is 18.9. The summed E-state index contributed by atoms with van der Waals surface area (Å²) in [6.07, 6.45) is 3.28. The van der Waals surface area contributed by atoms with E-state index in [2.05, 4.69) is 21.2 Å². The summed E-state index contributed by atoms with van der Waals surface area (Å²) in [6.45, 7) is 3.76. The van der Waals surface area contributed by atoms with Gasteiger partial charge in [0.05, 0.1) is 0 Å². The maximum absolute atomic E-state index is 12.2. The van der Waals surface area contributed by atoms with Crippen molar-refractivity contribution in [2.75, 3.05) is 0 Å². The second-order valence-corrected chi connectivity index (χ2v) is 7.16. The molecule has 0 aliphatic carbocycles. The smallest absolute Gasteiger partial charge is 0.306 e. The van der Waals surface area contributed by atoms with Crippen molar-refractivity contribution in [3.8, 4) is 11.5 Å². The fourth-order valence-corrected chi connectivity index (χ4v) is 3.28. The Labute approximate surface area is 168 Å². The second-order valence-electron chi connectivity index (χ2n) is 7.16. The predicted octanol–water partition coefficient (Wildman–Crippen LogP) is 5.15. The SMILES string of the molecule is Cc1ccc(-c2nnc(C(C)OC(=O)CCCc3c[nH]c4ccccc34)o2)cc1. The van der Waals surface area contributed by atoms with Crippen molar-refractivity contribution < 1.29 is 13.9 Å². The lowest BCUT2D eigenvalue weighted by Crippen LogP contribution is -2.09. The van der Waals surface area contributed by atoms with Crippen LogP contribution < -0.4 is 0 Å². The molecule has 0 radical (unpaired) electrons. The Bertz CT molecular complexity index is 1110. The van der Waals surface area contributed by atoms with Crippen LogP contribution in [-0.2, 0) is 16.0 Å². The van der Waals surface area contributed by atoms with Crippen LogP contribution in [0.1, 0.15) is 42.9 Å². The molecule has 0 bridgehead atoms. The molecule has 1 N–H and O–H groups in total. The van der Waals surface area contributed by atoms with Gasteiger partial charge < -0.3 is 14.1 Å². The van der Waals surface area contributed by atoms with Crippen molar-refractivity contribution >= 4 is 16.9 Å². The van der Waals surface area contributed by atoms with Crippen LogP contribution in [-0.4, -0.2) is 21.2 Å². The zero-order chi connectivity index (χ0) is 20.2. The topological polar surface area (TPSA) is 81.0 Å². The molecule has 0 saturated heterocycles. The van der Waals surface area contributed by atoms with Crippen LogP contribution in [0.4, 0.5) is 0 Å². The normalized spacial score (nSPS) is 12.2. The monoisotopic (exact) mass is 389 g/mol. The summed E-state index contributed by atoms with van der Waals surface area (Å²) >= 11 is 0. The van der Waals surface area contributed by atoms with Crippen LogP contribution >= 0.6 is 0 Å². The lowest BCUT2D eigenvalue weighted by atomic mass is 10.1. The number of H-pyrrole nitrogens is 1. The van der Waals surface area contributed by atoms with Crippen molar-refractivity contribution in [3.05, 3.63) is 71.7 Å². The lowest BCUT2D eigenvalue weighted by molar-refractivity contribution is -0.149. The van der Waals surface area contributed by atoms with Gasteiger partial charge in [-0.15, -0.1) is 10.2 Å². The highest BCUT2D eigenvalue weighted by Crippen LogP contribution is 2.24. The van der Waals surface area contributed by atoms with Gasteiger partial charge in [-0.2, -0.15) is 0 Å². The molecule has 0 aliphatic heterocycles. The van der Waals surface area contributed by atoms with Crippen molar-refractivity contribution in [2.24, 2.45) is 0 Å². The fraction of sp³-hybridized carbons (Fsp3) is 0.261. The average molecular weight is 389 g/mol. The summed E-state index contributed by atoms with van der Waals surface area (Å²) in [5.74, 6) is 0.445. The third kappa shape index (κ3) is 4.37. The zero-order valence-corrected chi connectivity index (χ0v) is 16.5. The largest absolute Gasteiger partial charge is 0.453 e. The molecule has 4 rings (SSSR count). The van der Waals surface area contributed by atoms with E-state index in [0.717, 1.165) is 23.1 Å². The Kier molecular flexibility index (Phi) is 5.42. The van der Waals surface area contributed by atoms with Crippen molar-refractivity contribution in [1.29, 1.82) is 0 Å². The van der Waals surface area contributed by atoms with E-state index in [0.29, 0.717) is 24.6 Å². The number of ether oxygens (including phenoxy) is 1. The highest BCUT2D eigenvalue weighted by atomic mass is 16.6. The minimum absolute atomic E-state index is 0.271. The van der Waals surface area contributed by atoms with Crippen LogP contribution in [0.5, 0.6) is 0 Å². The summed E-state index contributed by atoms with van der Waals surface area (Å²) < 4.78 is 11.1. The predicted molar refractivity (Wildman–Crippen MR) is 110 cm³/mol. The molecular formula is C23H23N3O3. The highest BCUT2D eigenvalue weighted by Gasteiger charge is 2.19. The number of fused-ring (bicyclic) bond motifs is 1. The number of carbonyl (C=O) groups is 1. The molecule has 148 valence electrons. The van der Waals surface area contributed by atoms with Gasteiger partial charge >= 0.3 is 5.97 Å². The third-order valence-electron chi connectivity index (χ3n) is 4.90. The van der Waals surface area contributed by atoms with Gasteiger partial charge in [0.2, 0.25) is 5.89 Å². The Hall–Kier alpha value is -3.41. The minimum atomic E-state index is -0.581. The Morgan fingerprint density at radius 1 is 1.14 bits per heavy atom. The number of nitrogens with one attached hydrogen (secondary N) is 1. The van der Waals surface area contributed by atoms with E-state index in [-0.39, 0.29) is 5.97 Å². The van der Waals surface area contributed by atoms with Gasteiger partial charge in [0.1, 0.15) is 0 Å². The number of aromatic amines is 1. The first-order chi connectivity index (χ1) is 14.1. The lowest BCUT2D eigenvalue weighted by Gasteiger charge is -2.09. The summed E-state index contributed by atoms with van der Waals surface area (Å²) in [5, 5.41) is 9.28. The quantitative estimate of drug-likeness (QED) is 0.442. The summed E-state index contributed by atoms with van der Waals surface area (Å²) in [7, 11) is 0. The number of hydrogen-bond acceptors (Lipinski definition) is 5. The third-order valence-corrected chi connectivity index (χ3v) is 4.90. The van der Waals surface area contributed by atoms with Gasteiger partial charge in [0.15, 0.2) is 6.10 Å². The van der Waals surface area contributed by atoms with E-state index in [9.17, 15) is 4.79 Å². The first-order valence-corrected chi connectivity index (χ1v) is 9.75. The molecule has 6 nitrogen and oxygen atoms in total. The molecule has 2 aromatic heterocycles. The van der Waals surface area contributed by atoms with E-state index in [1.807, 2.05) is 55.6 Å². The van der Waals surface area contributed by atoms with Crippen LogP contribution in [0.2, 0.25) is 0 Å². The highest BCUT2D eigenvalue weighted by molar-refractivity contribution is 5.83. The Morgan fingerprint density at radius 2 is 1.93 bits per heavy atom. The fourth-order valence-electron chi connectivity index (χ4n) is 3.28. The molecule has 2 heterocycles. The van der Waals surface area contributed by atoms with Gasteiger partial charge in [0.25, 0.3) is 5.89 Å². The van der Waals surface area contributed by atoms with Crippen LogP contribution in [0.15, 0.2) is 59.1 Å². The van der Waals surface area contributed by atoms with Crippen LogP contribution in [0.25, 0.3) is 22.4 Å². The number of benzene rings is 2. The van der Waals surface area contributed by atoms with Crippen molar-refractivity contribution in [2.45, 2.75) is 39.2 Å². The average Bonchev–Trinajstić information content (AvgIpc) is 3.36. The van der Waals surface area contributed by atoms with Gasteiger partial charge in [-0.3, -0.25) is 4.79 Å². The number of hydrogen-bond donors (Lipinski definition) is 1. The number of para-hydroxylation sites is 1. The van der Waals surface area contributed by atoms with Crippen molar-refractivity contribution in [1.82, 2.24) is 15.2 Å². The maximum atomic E-state index is 12.2. The van der Waals surface area contributed by atoms with Crippen LogP contribution in [0, 0.1) is 6.92 Å². The van der Waals surface area contributed by atoms with Gasteiger partial charge in [-0.1, -0.05) is 35.9 Å². The number of aromatic nitrogens is 3. The van der Waals surface area contributed by atoms with Gasteiger partial charge in [0, 0.05) is 29.1 Å². The molecule has 0 amide bonds. The summed E-state index contributed by atoms with van der Waals surface area (Å²) in [4.78, 5) is 15.5. The molecule has 1 unspecified atom stereocenters. The maximum Gasteiger partial charge on any atom is 0.306 e. The van der Waals surface area contributed by atoms with E-state index in [1.165, 1.54) is 10.9 Å². The van der Waals surface area contributed by atoms with E-state index < -0.39 is 6.10 Å². The number of nitrogens with zero attached hydrogens (tertiary/aromatic N) is 2. The van der Waals surface area contributed by atoms with Gasteiger partial charge in [-0.05, 0) is 50.5 Å². The number of esters is 1. The summed E-state index contributed by atoms with van der Waals surface area (Å²) in [5.41, 5.74) is 4.32. The molecular weight excluding hydrogens is 366 g/mol. The molecule has 2 aromatic carbocycles. The summed E-state index contributed by atoms with van der Waals surface area (Å²) in [6, 6.07) is 16.0. The number of aryl methyl sites for hydroxylation is 2. The van der Waals surface area contributed by atoms with E-state index in [1.54, 1.807) is 6.92 Å². The van der Waals surface area contributed by atoms with Crippen molar-refractivity contribution in [3.63, 3.8) is 0 Å². The first-order valence-electron chi connectivity index (χ1n) is 9.75. The standard InChI is InChI=1S/C23H23N3O3/c1-15-10-12-17(13-11-15)23-26-25-22(29-23)16(2)28-21(27)9-5-6-18-14-24-20-8-4-3-7-19(18)20/h3-4,7-8,10-14,16,24H,5-6,9H2,1-2H3. The minimum Gasteiger partial charge on any atom is -0.453 e. The second kappa shape index (κ2) is 8.31. The molecule has 0 fully saturated rings. The Balaban J connectivity index is 1.30. The molecule has 0 aliphatic rings. The molecule has 0 saturated carbocycles. The zero-order valence-electron chi connectivity index (χ0n) is 16.5. The molecule has 1 atom stereocenters. The number of carbonyl (C=O) groups excluding carboxylic acids is 1.